The smallest absolute Gasteiger partial charge is 0.316 e. The highest BCUT2D eigenvalue weighted by molar-refractivity contribution is 5.85. The summed E-state index contributed by atoms with van der Waals surface area (Å²) < 4.78 is 1.77. The monoisotopic (exact) mass is 300 g/mol. The number of pyridine rings is 1. The number of carboxylic acids is 1. The number of hydrogen-bond acceptors (Lipinski definition) is 4. The number of aromatic nitrogens is 3. The molecule has 3 N–H and O–H groups in total. The van der Waals surface area contributed by atoms with Gasteiger partial charge in [-0.15, -0.1) is 0 Å². The lowest BCUT2D eigenvalue weighted by molar-refractivity contribution is -0.140. The lowest BCUT2D eigenvalue weighted by atomic mass is 9.94. The van der Waals surface area contributed by atoms with Gasteiger partial charge in [-0.05, 0) is 43.4 Å². The van der Waals surface area contributed by atoms with Crippen LogP contribution in [0.2, 0.25) is 0 Å². The van der Waals surface area contributed by atoms with Gasteiger partial charge in [0.2, 0.25) is 0 Å². The van der Waals surface area contributed by atoms with Gasteiger partial charge >= 0.3 is 5.97 Å². The molecule has 1 aliphatic carbocycles. The van der Waals surface area contributed by atoms with Crippen LogP contribution in [-0.4, -0.2) is 32.2 Å². The molecule has 6 heteroatoms. The Morgan fingerprint density at radius 3 is 3.00 bits per heavy atom. The summed E-state index contributed by atoms with van der Waals surface area (Å²) in [6, 6.07) is 5.59. The molecule has 2 aromatic heterocycles. The molecule has 1 fully saturated rings. The van der Waals surface area contributed by atoms with Crippen molar-refractivity contribution in [3.63, 3.8) is 0 Å². The second-order valence-electron chi connectivity index (χ2n) is 6.11. The van der Waals surface area contributed by atoms with Crippen molar-refractivity contribution < 1.29 is 9.90 Å². The van der Waals surface area contributed by atoms with E-state index in [1.54, 1.807) is 23.3 Å². The van der Waals surface area contributed by atoms with Crippen molar-refractivity contribution in [1.82, 2.24) is 14.5 Å². The van der Waals surface area contributed by atoms with Crippen molar-refractivity contribution in [1.29, 1.82) is 0 Å². The first-order valence-corrected chi connectivity index (χ1v) is 7.47. The van der Waals surface area contributed by atoms with Crippen LogP contribution in [0.25, 0.3) is 5.82 Å². The van der Waals surface area contributed by atoms with Crippen molar-refractivity contribution in [3.05, 3.63) is 42.6 Å². The number of rotatable bonds is 6. The van der Waals surface area contributed by atoms with Crippen LogP contribution in [0.1, 0.15) is 25.5 Å². The molecule has 116 valence electrons. The van der Waals surface area contributed by atoms with Gasteiger partial charge in [0, 0.05) is 12.4 Å². The van der Waals surface area contributed by atoms with Crippen LogP contribution in [-0.2, 0) is 10.2 Å². The highest BCUT2D eigenvalue weighted by Crippen LogP contribution is 2.56. The number of nitrogens with two attached hydrogens (primary N) is 1. The summed E-state index contributed by atoms with van der Waals surface area (Å²) in [6.45, 7) is 2.63. The molecule has 0 aromatic carbocycles. The van der Waals surface area contributed by atoms with Gasteiger partial charge in [0.25, 0.3) is 0 Å². The molecule has 0 bridgehead atoms. The standard InChI is InChI=1S/C16H20N4O2/c1-11(8-17)6-12-7-16(12,15(21)22)13-9-20(10-19-13)14-4-2-3-5-18-14/h2-5,9-12H,6-8,17H2,1H3,(H,21,22)/t11-,12?,16?/m1/s1. The number of carboxylic acid groups (broad SMARTS) is 1. The van der Waals surface area contributed by atoms with E-state index in [1.165, 1.54) is 0 Å². The predicted molar refractivity (Wildman–Crippen MR) is 81.6 cm³/mol. The van der Waals surface area contributed by atoms with Gasteiger partial charge in [0.05, 0.1) is 5.69 Å². The Labute approximate surface area is 129 Å². The molecular formula is C16H20N4O2. The Kier molecular flexibility index (Phi) is 3.70. The third-order valence-corrected chi connectivity index (χ3v) is 4.53. The molecule has 2 heterocycles. The molecule has 0 radical (unpaired) electrons. The zero-order chi connectivity index (χ0) is 15.7. The third kappa shape index (κ3) is 2.39. The minimum absolute atomic E-state index is 0.107. The SMILES string of the molecule is C[C@@H](CN)CC1CC1(C(=O)O)c1cn(-c2ccccn2)cn1. The van der Waals surface area contributed by atoms with Gasteiger partial charge in [-0.3, -0.25) is 9.36 Å². The van der Waals surface area contributed by atoms with Crippen molar-refractivity contribution in [3.8, 4) is 5.82 Å². The Morgan fingerprint density at radius 2 is 2.36 bits per heavy atom. The fourth-order valence-electron chi connectivity index (χ4n) is 3.07. The minimum Gasteiger partial charge on any atom is -0.481 e. The van der Waals surface area contributed by atoms with E-state index >= 15 is 0 Å². The Morgan fingerprint density at radius 1 is 1.55 bits per heavy atom. The Hall–Kier alpha value is -2.21. The first-order chi connectivity index (χ1) is 10.6. The van der Waals surface area contributed by atoms with Gasteiger partial charge in [-0.2, -0.15) is 0 Å². The van der Waals surface area contributed by atoms with Crippen LogP contribution in [0.15, 0.2) is 36.9 Å². The van der Waals surface area contributed by atoms with E-state index in [0.29, 0.717) is 24.6 Å². The number of carbonyl (C=O) groups is 1. The number of nitrogens with zero attached hydrogens (tertiary/aromatic N) is 3. The summed E-state index contributed by atoms with van der Waals surface area (Å²) in [7, 11) is 0. The van der Waals surface area contributed by atoms with E-state index in [2.05, 4.69) is 16.9 Å². The largest absolute Gasteiger partial charge is 0.481 e. The molecule has 3 rings (SSSR count). The van der Waals surface area contributed by atoms with E-state index in [1.807, 2.05) is 18.2 Å². The molecule has 0 aliphatic heterocycles. The van der Waals surface area contributed by atoms with Gasteiger partial charge < -0.3 is 10.8 Å². The van der Waals surface area contributed by atoms with Crippen LogP contribution >= 0.6 is 0 Å². The maximum absolute atomic E-state index is 11.8. The first kappa shape index (κ1) is 14.7. The summed E-state index contributed by atoms with van der Waals surface area (Å²) in [5, 5.41) is 9.70. The molecule has 2 aromatic rings. The Balaban J connectivity index is 1.86. The average molecular weight is 300 g/mol. The van der Waals surface area contributed by atoms with E-state index in [-0.39, 0.29) is 5.92 Å². The molecular weight excluding hydrogens is 280 g/mol. The maximum Gasteiger partial charge on any atom is 0.316 e. The quantitative estimate of drug-likeness (QED) is 0.845. The van der Waals surface area contributed by atoms with Crippen molar-refractivity contribution in [2.24, 2.45) is 17.6 Å². The molecule has 22 heavy (non-hydrogen) atoms. The Bertz CT molecular complexity index is 670. The zero-order valence-corrected chi connectivity index (χ0v) is 12.5. The van der Waals surface area contributed by atoms with Crippen LogP contribution in [0, 0.1) is 11.8 Å². The highest BCUT2D eigenvalue weighted by atomic mass is 16.4. The number of hydrogen-bond donors (Lipinski definition) is 2. The van der Waals surface area contributed by atoms with Gasteiger partial charge in [-0.25, -0.2) is 9.97 Å². The molecule has 6 nitrogen and oxygen atoms in total. The lowest BCUT2D eigenvalue weighted by Crippen LogP contribution is -2.24. The summed E-state index contributed by atoms with van der Waals surface area (Å²) in [6.07, 6.45) is 6.56. The predicted octanol–water partition coefficient (Wildman–Crippen LogP) is 1.59. The van der Waals surface area contributed by atoms with Gasteiger partial charge in [-0.1, -0.05) is 13.0 Å². The second kappa shape index (κ2) is 5.53. The van der Waals surface area contributed by atoms with Gasteiger partial charge in [0.15, 0.2) is 0 Å². The van der Waals surface area contributed by atoms with Crippen molar-refractivity contribution >= 4 is 5.97 Å². The van der Waals surface area contributed by atoms with Crippen molar-refractivity contribution in [2.45, 2.75) is 25.2 Å². The molecule has 2 unspecified atom stereocenters. The normalized spacial score (nSPS) is 24.9. The van der Waals surface area contributed by atoms with E-state index in [9.17, 15) is 9.90 Å². The molecule has 1 aliphatic rings. The van der Waals surface area contributed by atoms with E-state index in [4.69, 9.17) is 5.73 Å². The topological polar surface area (TPSA) is 94.0 Å². The number of aliphatic carboxylic acids is 1. The summed E-state index contributed by atoms with van der Waals surface area (Å²) >= 11 is 0. The van der Waals surface area contributed by atoms with Crippen LogP contribution in [0.4, 0.5) is 0 Å². The molecule has 3 atom stereocenters. The van der Waals surface area contributed by atoms with Crippen LogP contribution in [0.3, 0.4) is 0 Å². The maximum atomic E-state index is 11.8. The van der Waals surface area contributed by atoms with Crippen LogP contribution < -0.4 is 5.73 Å². The fraction of sp³-hybridized carbons (Fsp3) is 0.438. The average Bonchev–Trinajstić information content (AvgIpc) is 3.04. The second-order valence-corrected chi connectivity index (χ2v) is 6.11. The highest BCUT2D eigenvalue weighted by Gasteiger charge is 2.62. The molecule has 0 saturated heterocycles. The zero-order valence-electron chi connectivity index (χ0n) is 12.5. The number of imidazole rings is 1. The summed E-state index contributed by atoms with van der Waals surface area (Å²) in [4.78, 5) is 20.4. The fourth-order valence-corrected chi connectivity index (χ4v) is 3.07. The summed E-state index contributed by atoms with van der Waals surface area (Å²) in [5.74, 6) is 0.363. The minimum atomic E-state index is -0.858. The van der Waals surface area contributed by atoms with Crippen LogP contribution in [0.5, 0.6) is 0 Å². The van der Waals surface area contributed by atoms with E-state index in [0.717, 1.165) is 12.2 Å². The molecule has 0 amide bonds. The van der Waals surface area contributed by atoms with E-state index < -0.39 is 11.4 Å². The van der Waals surface area contributed by atoms with Crippen molar-refractivity contribution in [2.75, 3.05) is 6.54 Å². The third-order valence-electron chi connectivity index (χ3n) is 4.53. The van der Waals surface area contributed by atoms with Gasteiger partial charge in [0.1, 0.15) is 17.6 Å². The first-order valence-electron chi connectivity index (χ1n) is 7.47. The molecule has 0 spiro atoms. The summed E-state index contributed by atoms with van der Waals surface area (Å²) in [5.41, 5.74) is 5.41. The molecule has 1 saturated carbocycles. The lowest BCUT2D eigenvalue weighted by Gasteiger charge is -2.12.